The van der Waals surface area contributed by atoms with Crippen LogP contribution < -0.4 is 5.73 Å². The minimum absolute atomic E-state index is 0.0755. The highest BCUT2D eigenvalue weighted by Crippen LogP contribution is 2.27. The molecule has 0 aliphatic carbocycles. The Morgan fingerprint density at radius 2 is 1.81 bits per heavy atom. The number of aryl methyl sites for hydroxylation is 1. The number of nitrogens with two attached hydrogens (primary N) is 1. The van der Waals surface area contributed by atoms with Crippen LogP contribution in [0.4, 0.5) is 0 Å². The van der Waals surface area contributed by atoms with Gasteiger partial charge in [-0.25, -0.2) is 4.68 Å². The van der Waals surface area contributed by atoms with E-state index in [1.54, 1.807) is 15.8 Å². The lowest BCUT2D eigenvalue weighted by Crippen LogP contribution is -2.32. The van der Waals surface area contributed by atoms with E-state index in [0.29, 0.717) is 18.8 Å². The third-order valence-electron chi connectivity index (χ3n) is 4.89. The second-order valence-electron chi connectivity index (χ2n) is 6.78. The third-order valence-corrected chi connectivity index (χ3v) is 4.89. The number of hydrogen-bond acceptors (Lipinski definition) is 4. The average molecular weight is 347 g/mol. The first-order valence-corrected chi connectivity index (χ1v) is 8.71. The lowest BCUT2D eigenvalue weighted by molar-refractivity contribution is 0.0783. The van der Waals surface area contributed by atoms with Crippen molar-refractivity contribution in [3.8, 4) is 5.69 Å². The zero-order valence-electron chi connectivity index (χ0n) is 14.6. The molecule has 2 aromatic carbocycles. The number of rotatable bonds is 3. The first-order valence-electron chi connectivity index (χ1n) is 8.71. The number of amides is 1. The van der Waals surface area contributed by atoms with E-state index in [-0.39, 0.29) is 17.9 Å². The van der Waals surface area contributed by atoms with Crippen molar-refractivity contribution in [3.05, 3.63) is 77.6 Å². The number of carbonyl (C=O) groups excluding carboxylic acids is 1. The van der Waals surface area contributed by atoms with E-state index in [4.69, 9.17) is 5.73 Å². The summed E-state index contributed by atoms with van der Waals surface area (Å²) >= 11 is 0. The van der Waals surface area contributed by atoms with Crippen LogP contribution in [0.1, 0.15) is 27.5 Å². The van der Waals surface area contributed by atoms with Crippen molar-refractivity contribution in [2.75, 3.05) is 13.1 Å². The predicted molar refractivity (Wildman–Crippen MR) is 99.2 cm³/mol. The van der Waals surface area contributed by atoms with E-state index < -0.39 is 0 Å². The van der Waals surface area contributed by atoms with Gasteiger partial charge in [0.05, 0.1) is 11.9 Å². The van der Waals surface area contributed by atoms with Crippen LogP contribution in [0.15, 0.2) is 60.8 Å². The molecule has 0 radical (unpaired) electrons. The van der Waals surface area contributed by atoms with Crippen molar-refractivity contribution < 1.29 is 4.79 Å². The van der Waals surface area contributed by atoms with E-state index in [9.17, 15) is 4.79 Å². The smallest absolute Gasteiger partial charge is 0.276 e. The monoisotopic (exact) mass is 347 g/mol. The molecule has 1 amide bonds. The Hall–Kier alpha value is -2.99. The summed E-state index contributed by atoms with van der Waals surface area (Å²) in [6.45, 7) is 3.15. The average Bonchev–Trinajstić information content (AvgIpc) is 3.30. The fourth-order valence-electron chi connectivity index (χ4n) is 3.40. The Balaban J connectivity index is 1.51. The van der Waals surface area contributed by atoms with Crippen molar-refractivity contribution in [2.24, 2.45) is 5.73 Å². The van der Waals surface area contributed by atoms with Gasteiger partial charge < -0.3 is 10.6 Å². The molecular weight excluding hydrogens is 326 g/mol. The maximum atomic E-state index is 12.8. The minimum Gasteiger partial charge on any atom is -0.335 e. The molecule has 3 aromatic rings. The van der Waals surface area contributed by atoms with Gasteiger partial charge in [0, 0.05) is 25.0 Å². The molecule has 0 unspecified atom stereocenters. The van der Waals surface area contributed by atoms with Crippen LogP contribution in [0.2, 0.25) is 0 Å². The largest absolute Gasteiger partial charge is 0.335 e. The molecule has 2 N–H and O–H groups in total. The van der Waals surface area contributed by atoms with Crippen LogP contribution >= 0.6 is 0 Å². The molecule has 2 heterocycles. The summed E-state index contributed by atoms with van der Waals surface area (Å²) in [5.74, 6) is 0.0181. The van der Waals surface area contributed by atoms with Gasteiger partial charge in [0.25, 0.3) is 5.91 Å². The molecule has 132 valence electrons. The quantitative estimate of drug-likeness (QED) is 0.787. The summed E-state index contributed by atoms with van der Waals surface area (Å²) < 4.78 is 1.62. The summed E-state index contributed by atoms with van der Waals surface area (Å²) in [6.07, 6.45) is 1.67. The highest BCUT2D eigenvalue weighted by molar-refractivity contribution is 5.92. The number of nitrogens with zero attached hydrogens (tertiary/aromatic N) is 4. The molecule has 1 aromatic heterocycles. The lowest BCUT2D eigenvalue weighted by Gasteiger charge is -2.15. The summed E-state index contributed by atoms with van der Waals surface area (Å²) in [4.78, 5) is 14.6. The zero-order chi connectivity index (χ0) is 18.1. The number of carbonyl (C=O) groups is 1. The van der Waals surface area contributed by atoms with Gasteiger partial charge in [-0.15, -0.1) is 5.10 Å². The molecule has 4 rings (SSSR count). The van der Waals surface area contributed by atoms with Crippen LogP contribution in [0, 0.1) is 6.92 Å². The Labute approximate surface area is 152 Å². The van der Waals surface area contributed by atoms with Gasteiger partial charge in [-0.2, -0.15) is 0 Å². The molecule has 0 saturated carbocycles. The van der Waals surface area contributed by atoms with Crippen LogP contribution in [0.3, 0.4) is 0 Å². The summed E-state index contributed by atoms with van der Waals surface area (Å²) in [5.41, 5.74) is 9.84. The maximum absolute atomic E-state index is 12.8. The van der Waals surface area contributed by atoms with E-state index in [1.807, 2.05) is 49.4 Å². The third kappa shape index (κ3) is 3.11. The molecule has 1 aliphatic heterocycles. The standard InChI is InChI=1S/C20H21N5O/c1-14-7-9-16(10-8-14)25-13-19(22-23-25)20(26)24-11-17(18(21)12-24)15-5-3-2-4-6-15/h2-10,13,17-18H,11-12,21H2,1H3/t17-,18+/m0/s1. The van der Waals surface area contributed by atoms with E-state index >= 15 is 0 Å². The van der Waals surface area contributed by atoms with Crippen molar-refractivity contribution in [3.63, 3.8) is 0 Å². The Morgan fingerprint density at radius 3 is 2.54 bits per heavy atom. The van der Waals surface area contributed by atoms with Gasteiger partial charge in [0.2, 0.25) is 0 Å². The van der Waals surface area contributed by atoms with Crippen molar-refractivity contribution in [1.29, 1.82) is 0 Å². The molecule has 6 nitrogen and oxygen atoms in total. The lowest BCUT2D eigenvalue weighted by atomic mass is 9.95. The second-order valence-corrected chi connectivity index (χ2v) is 6.78. The Bertz CT molecular complexity index is 903. The summed E-state index contributed by atoms with van der Waals surface area (Å²) in [5, 5.41) is 8.16. The van der Waals surface area contributed by atoms with E-state index in [2.05, 4.69) is 22.4 Å². The van der Waals surface area contributed by atoms with Crippen molar-refractivity contribution >= 4 is 5.91 Å². The molecule has 6 heteroatoms. The Kier molecular flexibility index (Phi) is 4.26. The molecule has 0 bridgehead atoms. The second kappa shape index (κ2) is 6.72. The topological polar surface area (TPSA) is 77.0 Å². The number of aromatic nitrogens is 3. The number of benzene rings is 2. The van der Waals surface area contributed by atoms with Gasteiger partial charge in [-0.1, -0.05) is 53.2 Å². The summed E-state index contributed by atoms with van der Waals surface area (Å²) in [7, 11) is 0. The molecule has 26 heavy (non-hydrogen) atoms. The van der Waals surface area contributed by atoms with Gasteiger partial charge in [0.1, 0.15) is 0 Å². The van der Waals surface area contributed by atoms with Gasteiger partial charge in [-0.3, -0.25) is 4.79 Å². The maximum Gasteiger partial charge on any atom is 0.276 e. The normalized spacial score (nSPS) is 19.7. The summed E-state index contributed by atoms with van der Waals surface area (Å²) in [6, 6.07) is 17.9. The fourth-order valence-corrected chi connectivity index (χ4v) is 3.40. The first-order chi connectivity index (χ1) is 12.6. The van der Waals surface area contributed by atoms with Crippen LogP contribution in [-0.4, -0.2) is 44.9 Å². The number of likely N-dealkylation sites (tertiary alicyclic amines) is 1. The highest BCUT2D eigenvalue weighted by Gasteiger charge is 2.35. The van der Waals surface area contributed by atoms with Gasteiger partial charge in [-0.05, 0) is 24.6 Å². The Morgan fingerprint density at radius 1 is 1.08 bits per heavy atom. The fraction of sp³-hybridized carbons (Fsp3) is 0.250. The zero-order valence-corrected chi connectivity index (χ0v) is 14.6. The van der Waals surface area contributed by atoms with Crippen molar-refractivity contribution in [1.82, 2.24) is 19.9 Å². The highest BCUT2D eigenvalue weighted by atomic mass is 16.2. The van der Waals surface area contributed by atoms with Gasteiger partial charge in [0.15, 0.2) is 5.69 Å². The van der Waals surface area contributed by atoms with E-state index in [0.717, 1.165) is 5.69 Å². The number of hydrogen-bond donors (Lipinski definition) is 1. The molecule has 1 saturated heterocycles. The molecule has 2 atom stereocenters. The first kappa shape index (κ1) is 16.5. The SMILES string of the molecule is Cc1ccc(-n2cc(C(=O)N3C[C@@H](N)[C@H](c4ccccc4)C3)nn2)cc1. The molecule has 1 aliphatic rings. The molecule has 1 fully saturated rings. The van der Waals surface area contributed by atoms with Crippen LogP contribution in [0.25, 0.3) is 5.69 Å². The van der Waals surface area contributed by atoms with Crippen molar-refractivity contribution in [2.45, 2.75) is 18.9 Å². The molecule has 0 spiro atoms. The van der Waals surface area contributed by atoms with Crippen LogP contribution in [0.5, 0.6) is 0 Å². The van der Waals surface area contributed by atoms with Crippen LogP contribution in [-0.2, 0) is 0 Å². The van der Waals surface area contributed by atoms with E-state index in [1.165, 1.54) is 11.1 Å². The minimum atomic E-state index is -0.128. The molecular formula is C20H21N5O. The predicted octanol–water partition coefficient (Wildman–Crippen LogP) is 2.14. The van der Waals surface area contributed by atoms with Gasteiger partial charge >= 0.3 is 0 Å².